The second-order valence-corrected chi connectivity index (χ2v) is 9.56. The van der Waals surface area contributed by atoms with Crippen LogP contribution in [0.5, 0.6) is 0 Å². The van der Waals surface area contributed by atoms with E-state index in [9.17, 15) is 4.79 Å². The van der Waals surface area contributed by atoms with Gasteiger partial charge < -0.3 is 8.98 Å². The number of rotatable bonds is 5. The van der Waals surface area contributed by atoms with Crippen molar-refractivity contribution in [2.24, 2.45) is 5.10 Å². The maximum absolute atomic E-state index is 13.6. The van der Waals surface area contributed by atoms with E-state index in [0.717, 1.165) is 34.3 Å². The van der Waals surface area contributed by atoms with E-state index >= 15 is 0 Å². The number of aromatic nitrogens is 3. The molecule has 0 unspecified atom stereocenters. The van der Waals surface area contributed by atoms with Crippen LogP contribution < -0.4 is 5.56 Å². The van der Waals surface area contributed by atoms with Gasteiger partial charge in [0.2, 0.25) is 5.82 Å². The summed E-state index contributed by atoms with van der Waals surface area (Å²) in [7, 11) is 0. The normalized spacial score (nSPS) is 11.8. The Kier molecular flexibility index (Phi) is 5.80. The van der Waals surface area contributed by atoms with E-state index < -0.39 is 0 Å². The summed E-state index contributed by atoms with van der Waals surface area (Å²) in [5.74, 6) is 0.853. The van der Waals surface area contributed by atoms with Crippen LogP contribution in [0, 0.1) is 20.8 Å². The number of aryl methyl sites for hydroxylation is 3. The van der Waals surface area contributed by atoms with Crippen LogP contribution in [-0.4, -0.2) is 20.4 Å². The second kappa shape index (κ2) is 9.30. The fourth-order valence-electron chi connectivity index (χ4n) is 5.19. The molecule has 6 heteroatoms. The summed E-state index contributed by atoms with van der Waals surface area (Å²) < 4.78 is 9.71. The van der Waals surface area contributed by atoms with Crippen LogP contribution in [0.2, 0.25) is 0 Å². The smallest absolute Gasteiger partial charge is 0.282 e. The fraction of sp³-hybridized carbons (Fsp3) is 0.156. The summed E-state index contributed by atoms with van der Waals surface area (Å²) in [5.41, 5.74) is 7.90. The maximum atomic E-state index is 13.6. The minimum absolute atomic E-state index is 0.247. The molecule has 0 radical (unpaired) electrons. The van der Waals surface area contributed by atoms with Gasteiger partial charge in [-0.25, -0.2) is 4.98 Å². The first-order chi connectivity index (χ1) is 18.5. The lowest BCUT2D eigenvalue weighted by molar-refractivity contribution is 0.616. The molecule has 3 aromatic carbocycles. The van der Waals surface area contributed by atoms with Crippen LogP contribution in [0.15, 0.2) is 93.2 Å². The third kappa shape index (κ3) is 3.86. The Hall–Kier alpha value is -4.71. The number of para-hydroxylation sites is 3. The highest BCUT2D eigenvalue weighted by molar-refractivity contribution is 5.85. The zero-order valence-electron chi connectivity index (χ0n) is 21.9. The van der Waals surface area contributed by atoms with E-state index in [4.69, 9.17) is 9.40 Å². The molecular formula is C32H28N4O2. The zero-order valence-corrected chi connectivity index (χ0v) is 21.9. The highest BCUT2D eigenvalue weighted by atomic mass is 16.3. The average Bonchev–Trinajstić information content (AvgIpc) is 3.48. The molecule has 0 aliphatic carbocycles. The zero-order chi connectivity index (χ0) is 26.4. The molecule has 3 aromatic heterocycles. The van der Waals surface area contributed by atoms with Crippen molar-refractivity contribution in [1.82, 2.24) is 14.2 Å². The summed E-state index contributed by atoms with van der Waals surface area (Å²) in [6, 6.07) is 25.5. The van der Waals surface area contributed by atoms with E-state index in [2.05, 4.69) is 61.6 Å². The Balaban J connectivity index is 1.52. The van der Waals surface area contributed by atoms with Crippen molar-refractivity contribution in [3.05, 3.63) is 117 Å². The van der Waals surface area contributed by atoms with Crippen molar-refractivity contribution in [1.29, 1.82) is 0 Å². The molecule has 0 bridgehead atoms. The van der Waals surface area contributed by atoms with Gasteiger partial charge in [0.25, 0.3) is 5.56 Å². The molecule has 3 heterocycles. The fourth-order valence-corrected chi connectivity index (χ4v) is 5.19. The Morgan fingerprint density at radius 2 is 1.74 bits per heavy atom. The van der Waals surface area contributed by atoms with Crippen LogP contribution in [0.4, 0.5) is 0 Å². The third-order valence-corrected chi connectivity index (χ3v) is 7.11. The van der Waals surface area contributed by atoms with Crippen LogP contribution >= 0.6 is 0 Å². The van der Waals surface area contributed by atoms with Gasteiger partial charge in [-0.2, -0.15) is 9.78 Å². The number of hydrogen-bond acceptors (Lipinski definition) is 4. The summed E-state index contributed by atoms with van der Waals surface area (Å²) >= 11 is 0. The largest absolute Gasteiger partial charge is 0.453 e. The van der Waals surface area contributed by atoms with E-state index in [-0.39, 0.29) is 5.56 Å². The molecule has 188 valence electrons. The van der Waals surface area contributed by atoms with Gasteiger partial charge in [0.1, 0.15) is 5.58 Å². The Morgan fingerprint density at radius 1 is 0.947 bits per heavy atom. The van der Waals surface area contributed by atoms with Gasteiger partial charge in [0.15, 0.2) is 5.76 Å². The van der Waals surface area contributed by atoms with E-state index in [1.807, 2.05) is 48.5 Å². The standard InChI is InChI=1S/C32H28N4O2/c1-5-23-13-10-11-20(2)30(23)35-21(3)17-25(22(35)4)19-33-36-31(29-18-24-12-6-9-16-28(24)38-29)34-27-15-8-7-14-26(27)32(36)37/h6-19H,5H2,1-4H3. The predicted octanol–water partition coefficient (Wildman–Crippen LogP) is 6.97. The molecular weight excluding hydrogens is 472 g/mol. The predicted molar refractivity (Wildman–Crippen MR) is 154 cm³/mol. The van der Waals surface area contributed by atoms with E-state index in [1.54, 1.807) is 12.3 Å². The molecule has 0 saturated heterocycles. The molecule has 0 aliphatic rings. The molecule has 0 fully saturated rings. The molecule has 0 aliphatic heterocycles. The number of nitrogens with zero attached hydrogens (tertiary/aromatic N) is 4. The molecule has 38 heavy (non-hydrogen) atoms. The molecule has 0 saturated carbocycles. The molecule has 0 N–H and O–H groups in total. The van der Waals surface area contributed by atoms with Gasteiger partial charge in [0.05, 0.1) is 22.8 Å². The first-order valence-corrected chi connectivity index (χ1v) is 12.8. The molecule has 6 rings (SSSR count). The highest BCUT2D eigenvalue weighted by Crippen LogP contribution is 2.28. The van der Waals surface area contributed by atoms with Crippen LogP contribution in [-0.2, 0) is 6.42 Å². The summed E-state index contributed by atoms with van der Waals surface area (Å²) in [6.45, 7) is 8.50. The van der Waals surface area contributed by atoms with Gasteiger partial charge in [-0.15, -0.1) is 0 Å². The summed E-state index contributed by atoms with van der Waals surface area (Å²) in [5, 5.41) is 6.13. The molecule has 0 spiro atoms. The van der Waals surface area contributed by atoms with Gasteiger partial charge in [0, 0.05) is 22.3 Å². The van der Waals surface area contributed by atoms with Gasteiger partial charge in [-0.1, -0.05) is 55.5 Å². The maximum Gasteiger partial charge on any atom is 0.282 e. The number of fused-ring (bicyclic) bond motifs is 2. The molecule has 0 amide bonds. The lowest BCUT2D eigenvalue weighted by atomic mass is 10.1. The highest BCUT2D eigenvalue weighted by Gasteiger charge is 2.18. The number of hydrogen-bond donors (Lipinski definition) is 0. The van der Waals surface area contributed by atoms with Crippen molar-refractivity contribution in [2.75, 3.05) is 0 Å². The third-order valence-electron chi connectivity index (χ3n) is 7.11. The summed E-state index contributed by atoms with van der Waals surface area (Å²) in [6.07, 6.45) is 2.68. The molecule has 6 nitrogen and oxygen atoms in total. The van der Waals surface area contributed by atoms with Gasteiger partial charge in [-0.05, 0) is 68.7 Å². The number of furan rings is 1. The van der Waals surface area contributed by atoms with Crippen molar-refractivity contribution >= 4 is 28.1 Å². The Labute approximate surface area is 220 Å². The van der Waals surface area contributed by atoms with E-state index in [0.29, 0.717) is 22.5 Å². The Morgan fingerprint density at radius 3 is 2.55 bits per heavy atom. The minimum atomic E-state index is -0.247. The van der Waals surface area contributed by atoms with Crippen LogP contribution in [0.25, 0.3) is 39.1 Å². The lowest BCUT2D eigenvalue weighted by Gasteiger charge is -2.17. The van der Waals surface area contributed by atoms with E-state index in [1.165, 1.54) is 21.5 Å². The average molecular weight is 501 g/mol. The monoisotopic (exact) mass is 500 g/mol. The van der Waals surface area contributed by atoms with Crippen molar-refractivity contribution < 1.29 is 4.42 Å². The van der Waals surface area contributed by atoms with Crippen molar-refractivity contribution in [3.8, 4) is 17.3 Å². The first-order valence-electron chi connectivity index (χ1n) is 12.8. The Bertz CT molecular complexity index is 1890. The number of benzene rings is 3. The molecule has 6 aromatic rings. The molecule has 0 atom stereocenters. The van der Waals surface area contributed by atoms with Crippen LogP contribution in [0.3, 0.4) is 0 Å². The van der Waals surface area contributed by atoms with Crippen molar-refractivity contribution in [2.45, 2.75) is 34.1 Å². The summed E-state index contributed by atoms with van der Waals surface area (Å²) in [4.78, 5) is 18.4. The van der Waals surface area contributed by atoms with Gasteiger partial charge >= 0.3 is 0 Å². The van der Waals surface area contributed by atoms with Crippen LogP contribution in [0.1, 0.15) is 35.0 Å². The lowest BCUT2D eigenvalue weighted by Crippen LogP contribution is -2.20. The second-order valence-electron chi connectivity index (χ2n) is 9.56. The first kappa shape index (κ1) is 23.7. The van der Waals surface area contributed by atoms with Gasteiger partial charge in [-0.3, -0.25) is 4.79 Å². The SMILES string of the molecule is CCc1cccc(C)c1-n1c(C)cc(C=Nn2c(-c3cc4ccccc4o3)nc3ccccc3c2=O)c1C. The topological polar surface area (TPSA) is 65.3 Å². The minimum Gasteiger partial charge on any atom is -0.453 e. The quantitative estimate of drug-likeness (QED) is 0.240. The van der Waals surface area contributed by atoms with Crippen molar-refractivity contribution in [3.63, 3.8) is 0 Å².